The second-order valence-electron chi connectivity index (χ2n) is 7.69. The summed E-state index contributed by atoms with van der Waals surface area (Å²) in [5.41, 5.74) is -1.12. The fourth-order valence-electron chi connectivity index (χ4n) is 4.27. The molecule has 3 aromatic heterocycles. The van der Waals surface area contributed by atoms with Crippen LogP contribution in [-0.2, 0) is 7.05 Å². The molecule has 30 heavy (non-hydrogen) atoms. The zero-order valence-electron chi connectivity index (χ0n) is 16.3. The van der Waals surface area contributed by atoms with E-state index in [0.717, 1.165) is 23.5 Å². The molecule has 0 spiro atoms. The van der Waals surface area contributed by atoms with Crippen LogP contribution in [0.25, 0.3) is 5.82 Å². The van der Waals surface area contributed by atoms with Gasteiger partial charge in [-0.2, -0.15) is 5.10 Å². The number of rotatable bonds is 3. The van der Waals surface area contributed by atoms with Crippen LogP contribution < -0.4 is 16.1 Å². The summed E-state index contributed by atoms with van der Waals surface area (Å²) in [5.74, 6) is 1.79. The first-order valence-electron chi connectivity index (χ1n) is 9.66. The molecule has 5 heterocycles. The lowest BCUT2D eigenvalue weighted by molar-refractivity contribution is 0.0779. The van der Waals surface area contributed by atoms with Gasteiger partial charge in [0.05, 0.1) is 0 Å². The van der Waals surface area contributed by atoms with Crippen molar-refractivity contribution in [3.63, 3.8) is 0 Å². The molecular formula is C19H20N8O3. The number of hydrogen-bond donors (Lipinski definition) is 1. The maximum atomic E-state index is 12.8. The van der Waals surface area contributed by atoms with Crippen LogP contribution in [0.4, 0.5) is 5.82 Å². The molecule has 0 aliphatic carbocycles. The highest BCUT2D eigenvalue weighted by Crippen LogP contribution is 2.33. The summed E-state index contributed by atoms with van der Waals surface area (Å²) < 4.78 is 2.60. The molecule has 1 N–H and O–H groups in total. The van der Waals surface area contributed by atoms with Crippen LogP contribution in [0.5, 0.6) is 0 Å². The van der Waals surface area contributed by atoms with Crippen molar-refractivity contribution in [1.29, 1.82) is 0 Å². The molecule has 2 aliphatic heterocycles. The smallest absolute Gasteiger partial charge is 0.328 e. The predicted molar refractivity (Wildman–Crippen MR) is 107 cm³/mol. The molecule has 0 saturated carbocycles. The van der Waals surface area contributed by atoms with Gasteiger partial charge in [-0.3, -0.25) is 14.2 Å². The van der Waals surface area contributed by atoms with Crippen LogP contribution in [0.15, 0.2) is 46.6 Å². The average Bonchev–Trinajstić information content (AvgIpc) is 3.48. The van der Waals surface area contributed by atoms with E-state index in [4.69, 9.17) is 0 Å². The standard InChI is InChI=1S/C19H20N8O3/c1-24-17(28)14(6-20-19(24)30)18(29)26-9-12-7-25(8-13(12)10-26)15-5-16(22-11-21-15)27-4-2-3-23-27/h2-6,11-13H,7-10H2,1H3,(H,20,30). The number of carbonyl (C=O) groups is 1. The third-order valence-electron chi connectivity index (χ3n) is 5.88. The lowest BCUT2D eigenvalue weighted by atomic mass is 10.0. The summed E-state index contributed by atoms with van der Waals surface area (Å²) in [6, 6.07) is 3.74. The molecule has 154 valence electrons. The molecule has 11 heteroatoms. The van der Waals surface area contributed by atoms with Gasteiger partial charge in [0, 0.05) is 69.7 Å². The molecular weight excluding hydrogens is 388 g/mol. The van der Waals surface area contributed by atoms with E-state index in [1.54, 1.807) is 15.8 Å². The van der Waals surface area contributed by atoms with Gasteiger partial charge in [0.2, 0.25) is 0 Å². The highest BCUT2D eigenvalue weighted by atomic mass is 16.2. The Kier molecular flexibility index (Phi) is 4.23. The first-order chi connectivity index (χ1) is 14.5. The number of anilines is 1. The highest BCUT2D eigenvalue weighted by molar-refractivity contribution is 5.93. The third kappa shape index (κ3) is 2.98. The molecule has 1 amide bonds. The Morgan fingerprint density at radius 2 is 1.83 bits per heavy atom. The Bertz CT molecular complexity index is 1200. The largest absolute Gasteiger partial charge is 0.356 e. The van der Waals surface area contributed by atoms with Gasteiger partial charge in [-0.25, -0.2) is 19.4 Å². The first-order valence-corrected chi connectivity index (χ1v) is 9.66. The van der Waals surface area contributed by atoms with E-state index >= 15 is 0 Å². The molecule has 2 fully saturated rings. The summed E-state index contributed by atoms with van der Waals surface area (Å²) in [6.07, 6.45) is 6.27. The maximum absolute atomic E-state index is 12.8. The first kappa shape index (κ1) is 18.3. The number of carbonyl (C=O) groups excluding carboxylic acids is 1. The lowest BCUT2D eigenvalue weighted by Gasteiger charge is -2.22. The molecule has 3 aromatic rings. The monoisotopic (exact) mass is 408 g/mol. The van der Waals surface area contributed by atoms with Gasteiger partial charge in [0.15, 0.2) is 5.82 Å². The summed E-state index contributed by atoms with van der Waals surface area (Å²) in [6.45, 7) is 2.68. The van der Waals surface area contributed by atoms with Crippen LogP contribution in [0.1, 0.15) is 10.4 Å². The second kappa shape index (κ2) is 6.94. The summed E-state index contributed by atoms with van der Waals surface area (Å²) in [5, 5.41) is 4.20. The number of likely N-dealkylation sites (tertiary alicyclic amines) is 1. The van der Waals surface area contributed by atoms with Crippen LogP contribution in [0.2, 0.25) is 0 Å². The van der Waals surface area contributed by atoms with Crippen molar-refractivity contribution in [2.45, 2.75) is 0 Å². The normalized spacial score (nSPS) is 20.6. The molecule has 0 aromatic carbocycles. The van der Waals surface area contributed by atoms with Gasteiger partial charge in [0.25, 0.3) is 11.5 Å². The number of nitrogens with one attached hydrogen (secondary N) is 1. The molecule has 2 aliphatic rings. The van der Waals surface area contributed by atoms with E-state index < -0.39 is 11.2 Å². The fraction of sp³-hybridized carbons (Fsp3) is 0.368. The molecule has 0 radical (unpaired) electrons. The highest BCUT2D eigenvalue weighted by Gasteiger charge is 2.42. The molecule has 2 saturated heterocycles. The number of nitrogens with zero attached hydrogens (tertiary/aromatic N) is 7. The van der Waals surface area contributed by atoms with Crippen molar-refractivity contribution in [2.24, 2.45) is 18.9 Å². The SMILES string of the molecule is Cn1c(=O)[nH]cc(C(=O)N2CC3CN(c4cc(-n5cccn5)ncn4)CC3C2)c1=O. The van der Waals surface area contributed by atoms with Crippen LogP contribution >= 0.6 is 0 Å². The minimum Gasteiger partial charge on any atom is -0.356 e. The van der Waals surface area contributed by atoms with Crippen molar-refractivity contribution in [2.75, 3.05) is 31.1 Å². The summed E-state index contributed by atoms with van der Waals surface area (Å²) in [4.78, 5) is 51.6. The van der Waals surface area contributed by atoms with Gasteiger partial charge < -0.3 is 14.8 Å². The summed E-state index contributed by atoms with van der Waals surface area (Å²) in [7, 11) is 1.35. The minimum atomic E-state index is -0.574. The van der Waals surface area contributed by atoms with Crippen molar-refractivity contribution >= 4 is 11.7 Å². The Labute approximate surface area is 170 Å². The van der Waals surface area contributed by atoms with Crippen molar-refractivity contribution in [3.8, 4) is 5.82 Å². The van der Waals surface area contributed by atoms with Crippen LogP contribution in [0, 0.1) is 11.8 Å². The number of aromatic nitrogens is 6. The van der Waals surface area contributed by atoms with E-state index in [9.17, 15) is 14.4 Å². The topological polar surface area (TPSA) is 122 Å². The average molecular weight is 408 g/mol. The number of fused-ring (bicyclic) bond motifs is 1. The molecule has 5 rings (SSSR count). The van der Waals surface area contributed by atoms with Crippen LogP contribution in [-0.4, -0.2) is 66.3 Å². The van der Waals surface area contributed by atoms with Gasteiger partial charge in [-0.15, -0.1) is 0 Å². The van der Waals surface area contributed by atoms with E-state index in [1.165, 1.54) is 19.6 Å². The lowest BCUT2D eigenvalue weighted by Crippen LogP contribution is -2.41. The Balaban J connectivity index is 1.30. The molecule has 11 nitrogen and oxygen atoms in total. The fourth-order valence-corrected chi connectivity index (χ4v) is 4.27. The van der Waals surface area contributed by atoms with Crippen molar-refractivity contribution < 1.29 is 4.79 Å². The van der Waals surface area contributed by atoms with Crippen LogP contribution in [0.3, 0.4) is 0 Å². The van der Waals surface area contributed by atoms with Gasteiger partial charge >= 0.3 is 5.69 Å². The van der Waals surface area contributed by atoms with E-state index in [2.05, 4.69) is 25.0 Å². The van der Waals surface area contributed by atoms with E-state index in [-0.39, 0.29) is 11.5 Å². The molecule has 2 unspecified atom stereocenters. The Morgan fingerprint density at radius 1 is 1.10 bits per heavy atom. The minimum absolute atomic E-state index is 0.00593. The Morgan fingerprint density at radius 3 is 2.53 bits per heavy atom. The quantitative estimate of drug-likeness (QED) is 0.606. The Hall–Kier alpha value is -3.76. The second-order valence-corrected chi connectivity index (χ2v) is 7.69. The van der Waals surface area contributed by atoms with Gasteiger partial charge in [-0.05, 0) is 6.07 Å². The zero-order valence-corrected chi connectivity index (χ0v) is 16.3. The summed E-state index contributed by atoms with van der Waals surface area (Å²) >= 11 is 0. The number of amides is 1. The third-order valence-corrected chi connectivity index (χ3v) is 5.88. The maximum Gasteiger partial charge on any atom is 0.328 e. The van der Waals surface area contributed by atoms with E-state index in [0.29, 0.717) is 30.7 Å². The van der Waals surface area contributed by atoms with E-state index in [1.807, 2.05) is 18.3 Å². The van der Waals surface area contributed by atoms with Crippen molar-refractivity contribution in [1.82, 2.24) is 34.2 Å². The number of H-pyrrole nitrogens is 1. The van der Waals surface area contributed by atoms with Gasteiger partial charge in [-0.1, -0.05) is 0 Å². The molecule has 2 atom stereocenters. The number of aromatic amines is 1. The van der Waals surface area contributed by atoms with Crippen molar-refractivity contribution in [3.05, 3.63) is 63.5 Å². The number of hydrogen-bond acceptors (Lipinski definition) is 7. The molecule has 0 bridgehead atoms. The predicted octanol–water partition coefficient (Wildman–Crippen LogP) is -0.742. The van der Waals surface area contributed by atoms with Gasteiger partial charge in [0.1, 0.15) is 17.7 Å². The zero-order chi connectivity index (χ0) is 20.8.